The highest BCUT2D eigenvalue weighted by Gasteiger charge is 2.10. The highest BCUT2D eigenvalue weighted by Crippen LogP contribution is 2.22. The SMILES string of the molecule is CC(C)Oc1ccc(C(=O)NC(=S)Nc2ccc(Cc3nc4cc(Cl)ccc4o3)cc2)cc1. The lowest BCUT2D eigenvalue weighted by molar-refractivity contribution is 0.0977. The Labute approximate surface area is 201 Å². The molecular formula is C25H22ClN3O3S. The second-order valence-electron chi connectivity index (χ2n) is 7.69. The van der Waals surface area contributed by atoms with Gasteiger partial charge in [-0.2, -0.15) is 0 Å². The standard InChI is InChI=1S/C25H22ClN3O3S/c1-15(2)31-20-10-5-17(6-11-20)24(30)29-25(33)27-19-8-3-16(4-9-19)13-23-28-21-14-18(26)7-12-22(21)32-23/h3-12,14-15H,13H2,1-2H3,(H2,27,29,30,33). The summed E-state index contributed by atoms with van der Waals surface area (Å²) in [6, 6.07) is 19.9. The second-order valence-corrected chi connectivity index (χ2v) is 8.54. The number of rotatable bonds is 6. The number of aromatic nitrogens is 1. The van der Waals surface area contributed by atoms with E-state index in [2.05, 4.69) is 15.6 Å². The van der Waals surface area contributed by atoms with E-state index < -0.39 is 0 Å². The van der Waals surface area contributed by atoms with E-state index in [1.807, 2.05) is 44.2 Å². The number of carbonyl (C=O) groups excluding carboxylic acids is 1. The smallest absolute Gasteiger partial charge is 0.257 e. The highest BCUT2D eigenvalue weighted by atomic mass is 35.5. The average Bonchev–Trinajstić information content (AvgIpc) is 3.16. The fourth-order valence-electron chi connectivity index (χ4n) is 3.20. The van der Waals surface area contributed by atoms with Crippen molar-refractivity contribution in [3.8, 4) is 5.75 Å². The van der Waals surface area contributed by atoms with Gasteiger partial charge < -0.3 is 14.5 Å². The lowest BCUT2D eigenvalue weighted by Gasteiger charge is -2.11. The molecule has 4 aromatic rings. The van der Waals surface area contributed by atoms with Gasteiger partial charge in [0.05, 0.1) is 6.10 Å². The number of nitrogens with one attached hydrogen (secondary N) is 2. The first-order chi connectivity index (χ1) is 15.9. The van der Waals surface area contributed by atoms with Crippen molar-refractivity contribution in [2.24, 2.45) is 0 Å². The maximum absolute atomic E-state index is 12.4. The Morgan fingerprint density at radius 2 is 1.82 bits per heavy atom. The molecule has 0 unspecified atom stereocenters. The van der Waals surface area contributed by atoms with Crippen LogP contribution in [0.2, 0.25) is 5.02 Å². The molecule has 33 heavy (non-hydrogen) atoms. The molecule has 0 atom stereocenters. The molecule has 8 heteroatoms. The number of ether oxygens (including phenoxy) is 1. The van der Waals surface area contributed by atoms with Crippen LogP contribution in [0.1, 0.15) is 35.7 Å². The zero-order valence-corrected chi connectivity index (χ0v) is 19.7. The predicted molar refractivity (Wildman–Crippen MR) is 134 cm³/mol. The summed E-state index contributed by atoms with van der Waals surface area (Å²) < 4.78 is 11.4. The van der Waals surface area contributed by atoms with Crippen molar-refractivity contribution >= 4 is 51.6 Å². The van der Waals surface area contributed by atoms with Crippen molar-refractivity contribution in [1.29, 1.82) is 0 Å². The van der Waals surface area contributed by atoms with Crippen LogP contribution >= 0.6 is 23.8 Å². The molecule has 1 heterocycles. The molecular weight excluding hydrogens is 458 g/mol. The topological polar surface area (TPSA) is 76.4 Å². The van der Waals surface area contributed by atoms with Gasteiger partial charge in [0.2, 0.25) is 0 Å². The third-order valence-corrected chi connectivity index (χ3v) is 5.12. The van der Waals surface area contributed by atoms with Crippen LogP contribution in [0.5, 0.6) is 5.75 Å². The Bertz CT molecular complexity index is 1280. The summed E-state index contributed by atoms with van der Waals surface area (Å²) in [5, 5.41) is 6.54. The largest absolute Gasteiger partial charge is 0.491 e. The number of benzene rings is 3. The molecule has 0 radical (unpaired) electrons. The fraction of sp³-hybridized carbons (Fsp3) is 0.160. The number of oxazole rings is 1. The van der Waals surface area contributed by atoms with Gasteiger partial charge in [-0.15, -0.1) is 0 Å². The first-order valence-electron chi connectivity index (χ1n) is 10.4. The number of amides is 1. The van der Waals surface area contributed by atoms with Crippen LogP contribution < -0.4 is 15.4 Å². The van der Waals surface area contributed by atoms with Crippen LogP contribution in [-0.4, -0.2) is 22.1 Å². The molecule has 0 saturated heterocycles. The number of halogens is 1. The normalized spacial score (nSPS) is 10.9. The molecule has 0 aliphatic heterocycles. The summed E-state index contributed by atoms with van der Waals surface area (Å²) in [4.78, 5) is 16.9. The van der Waals surface area contributed by atoms with Gasteiger partial charge in [0.1, 0.15) is 11.3 Å². The summed E-state index contributed by atoms with van der Waals surface area (Å²) >= 11 is 11.3. The molecule has 0 saturated carbocycles. The van der Waals surface area contributed by atoms with Crippen molar-refractivity contribution < 1.29 is 13.9 Å². The van der Waals surface area contributed by atoms with Gasteiger partial charge in [0, 0.05) is 22.7 Å². The summed E-state index contributed by atoms with van der Waals surface area (Å²) in [6.45, 7) is 3.90. The van der Waals surface area contributed by atoms with Gasteiger partial charge >= 0.3 is 0 Å². The maximum atomic E-state index is 12.4. The van der Waals surface area contributed by atoms with Gasteiger partial charge in [-0.25, -0.2) is 4.98 Å². The fourth-order valence-corrected chi connectivity index (χ4v) is 3.58. The summed E-state index contributed by atoms with van der Waals surface area (Å²) in [5.74, 6) is 1.03. The number of fused-ring (bicyclic) bond motifs is 1. The van der Waals surface area contributed by atoms with Crippen molar-refractivity contribution in [2.45, 2.75) is 26.4 Å². The van der Waals surface area contributed by atoms with Crippen LogP contribution in [0.25, 0.3) is 11.1 Å². The summed E-state index contributed by atoms with van der Waals surface area (Å²) in [7, 11) is 0. The maximum Gasteiger partial charge on any atom is 0.257 e. The monoisotopic (exact) mass is 479 g/mol. The Hall–Kier alpha value is -3.42. The van der Waals surface area contributed by atoms with Crippen LogP contribution in [-0.2, 0) is 6.42 Å². The highest BCUT2D eigenvalue weighted by molar-refractivity contribution is 7.80. The minimum Gasteiger partial charge on any atom is -0.491 e. The molecule has 4 rings (SSSR count). The van der Waals surface area contributed by atoms with E-state index in [1.165, 1.54) is 0 Å². The average molecular weight is 480 g/mol. The van der Waals surface area contributed by atoms with E-state index in [0.717, 1.165) is 16.8 Å². The van der Waals surface area contributed by atoms with Crippen molar-refractivity contribution in [1.82, 2.24) is 10.3 Å². The van der Waals surface area contributed by atoms with Gasteiger partial charge in [0.15, 0.2) is 16.6 Å². The number of hydrogen-bond acceptors (Lipinski definition) is 5. The molecule has 168 valence electrons. The Morgan fingerprint density at radius 1 is 1.09 bits per heavy atom. The lowest BCUT2D eigenvalue weighted by atomic mass is 10.1. The van der Waals surface area contributed by atoms with E-state index in [0.29, 0.717) is 34.2 Å². The second kappa shape index (κ2) is 10.0. The molecule has 6 nitrogen and oxygen atoms in total. The minimum absolute atomic E-state index is 0.0712. The molecule has 0 aliphatic rings. The predicted octanol–water partition coefficient (Wildman–Crippen LogP) is 5.99. The molecule has 1 amide bonds. The van der Waals surface area contributed by atoms with Crippen LogP contribution in [0.4, 0.5) is 5.69 Å². The number of carbonyl (C=O) groups is 1. The van der Waals surface area contributed by atoms with Crippen molar-refractivity contribution in [2.75, 3.05) is 5.32 Å². The third kappa shape index (κ3) is 6.09. The lowest BCUT2D eigenvalue weighted by Crippen LogP contribution is -2.34. The molecule has 3 aromatic carbocycles. The summed E-state index contributed by atoms with van der Waals surface area (Å²) in [6.07, 6.45) is 0.617. The number of hydrogen-bond donors (Lipinski definition) is 2. The van der Waals surface area contributed by atoms with Crippen LogP contribution in [0, 0.1) is 0 Å². The first kappa shape index (κ1) is 22.8. The van der Waals surface area contributed by atoms with Gasteiger partial charge in [-0.1, -0.05) is 23.7 Å². The first-order valence-corrected chi connectivity index (χ1v) is 11.2. The van der Waals surface area contributed by atoms with E-state index in [1.54, 1.807) is 36.4 Å². The molecule has 2 N–H and O–H groups in total. The van der Waals surface area contributed by atoms with E-state index in [-0.39, 0.29) is 17.1 Å². The van der Waals surface area contributed by atoms with E-state index in [9.17, 15) is 4.79 Å². The zero-order chi connectivity index (χ0) is 23.4. The van der Waals surface area contributed by atoms with E-state index >= 15 is 0 Å². The third-order valence-electron chi connectivity index (χ3n) is 4.68. The van der Waals surface area contributed by atoms with Crippen LogP contribution in [0.15, 0.2) is 71.1 Å². The molecule has 0 spiro atoms. The van der Waals surface area contributed by atoms with Crippen LogP contribution in [0.3, 0.4) is 0 Å². The van der Waals surface area contributed by atoms with E-state index in [4.69, 9.17) is 33.0 Å². The van der Waals surface area contributed by atoms with Gasteiger partial charge in [0.25, 0.3) is 5.91 Å². The summed E-state index contributed by atoms with van der Waals surface area (Å²) in [5.41, 5.74) is 3.71. The number of thiocarbonyl (C=S) groups is 1. The quantitative estimate of drug-likeness (QED) is 0.331. The Morgan fingerprint density at radius 3 is 2.52 bits per heavy atom. The number of nitrogens with zero attached hydrogens (tertiary/aromatic N) is 1. The van der Waals surface area contributed by atoms with Crippen molar-refractivity contribution in [3.05, 3.63) is 88.8 Å². The molecule has 0 fully saturated rings. The molecule has 0 bridgehead atoms. The van der Waals surface area contributed by atoms with Crippen molar-refractivity contribution in [3.63, 3.8) is 0 Å². The zero-order valence-electron chi connectivity index (χ0n) is 18.1. The minimum atomic E-state index is -0.295. The molecule has 1 aromatic heterocycles. The van der Waals surface area contributed by atoms with Gasteiger partial charge in [-0.05, 0) is 86.2 Å². The Kier molecular flexibility index (Phi) is 6.91. The van der Waals surface area contributed by atoms with Gasteiger partial charge in [-0.3, -0.25) is 10.1 Å². The molecule has 0 aliphatic carbocycles. The Balaban J connectivity index is 1.32. The number of anilines is 1.